The molecule has 0 aliphatic heterocycles. The molecule has 0 radical (unpaired) electrons. The molecule has 26 heavy (non-hydrogen) atoms. The highest BCUT2D eigenvalue weighted by Crippen LogP contribution is 2.28. The number of carbonyl (C=O) groups is 1. The first-order valence-electron chi connectivity index (χ1n) is 8.99. The zero-order chi connectivity index (χ0) is 18.4. The van der Waals surface area contributed by atoms with Crippen LogP contribution in [0.2, 0.25) is 0 Å². The van der Waals surface area contributed by atoms with Gasteiger partial charge in [-0.25, -0.2) is 0 Å². The van der Waals surface area contributed by atoms with E-state index in [1.807, 2.05) is 36.5 Å². The minimum Gasteiger partial charge on any atom is -0.493 e. The van der Waals surface area contributed by atoms with Gasteiger partial charge in [-0.3, -0.25) is 4.79 Å². The van der Waals surface area contributed by atoms with Crippen molar-refractivity contribution in [2.75, 3.05) is 14.2 Å². The fourth-order valence-corrected chi connectivity index (χ4v) is 3.26. The molecule has 136 valence electrons. The van der Waals surface area contributed by atoms with E-state index in [1.165, 1.54) is 10.9 Å². The van der Waals surface area contributed by atoms with Gasteiger partial charge < -0.3 is 14.5 Å². The van der Waals surface area contributed by atoms with Crippen molar-refractivity contribution in [2.24, 2.45) is 0 Å². The lowest BCUT2D eigenvalue weighted by Gasteiger charge is -2.09. The van der Waals surface area contributed by atoms with Gasteiger partial charge in [-0.2, -0.15) is 0 Å². The van der Waals surface area contributed by atoms with Crippen LogP contribution in [0.1, 0.15) is 30.4 Å². The van der Waals surface area contributed by atoms with Gasteiger partial charge in [0.25, 0.3) is 0 Å². The Labute approximate surface area is 154 Å². The largest absolute Gasteiger partial charge is 0.493 e. The number of aromatic amines is 1. The van der Waals surface area contributed by atoms with Gasteiger partial charge in [-0.1, -0.05) is 24.3 Å². The molecule has 2 aromatic carbocycles. The second-order valence-electron chi connectivity index (χ2n) is 6.44. The van der Waals surface area contributed by atoms with Gasteiger partial charge in [0.15, 0.2) is 11.5 Å². The van der Waals surface area contributed by atoms with E-state index in [9.17, 15) is 4.79 Å². The molecule has 1 N–H and O–H groups in total. The molecule has 3 rings (SSSR count). The van der Waals surface area contributed by atoms with Crippen molar-refractivity contribution in [3.05, 3.63) is 59.8 Å². The van der Waals surface area contributed by atoms with E-state index in [4.69, 9.17) is 9.47 Å². The number of ketones is 1. The summed E-state index contributed by atoms with van der Waals surface area (Å²) in [5.41, 5.74) is 3.50. The SMILES string of the molecule is COc1ccc(CCCC(=O)CCc2c[nH]c3ccccc23)cc1OC. The minimum absolute atomic E-state index is 0.316. The monoisotopic (exact) mass is 351 g/mol. The summed E-state index contributed by atoms with van der Waals surface area (Å²) in [7, 11) is 3.26. The van der Waals surface area contributed by atoms with Gasteiger partial charge in [-0.15, -0.1) is 0 Å². The number of Topliss-reactive ketones (excluding diaryl/α,β-unsaturated/α-hetero) is 1. The first kappa shape index (κ1) is 18.1. The third-order valence-corrected chi connectivity index (χ3v) is 4.72. The topological polar surface area (TPSA) is 51.3 Å². The molecule has 0 aliphatic rings. The van der Waals surface area contributed by atoms with E-state index >= 15 is 0 Å². The molecule has 1 aromatic heterocycles. The Bertz CT molecular complexity index is 882. The molecule has 0 saturated carbocycles. The highest BCUT2D eigenvalue weighted by molar-refractivity contribution is 5.84. The third-order valence-electron chi connectivity index (χ3n) is 4.72. The van der Waals surface area contributed by atoms with Crippen LogP contribution in [0, 0.1) is 0 Å². The quantitative estimate of drug-likeness (QED) is 0.607. The second kappa shape index (κ2) is 8.56. The smallest absolute Gasteiger partial charge is 0.160 e. The summed E-state index contributed by atoms with van der Waals surface area (Å²) in [6, 6.07) is 14.1. The first-order valence-corrected chi connectivity index (χ1v) is 8.99. The van der Waals surface area contributed by atoms with Crippen LogP contribution in [0.4, 0.5) is 0 Å². The summed E-state index contributed by atoms with van der Waals surface area (Å²) in [5.74, 6) is 1.78. The van der Waals surface area contributed by atoms with Crippen LogP contribution in [0.25, 0.3) is 10.9 Å². The van der Waals surface area contributed by atoms with Gasteiger partial charge in [0, 0.05) is 29.9 Å². The molecule has 0 atom stereocenters. The molecular weight excluding hydrogens is 326 g/mol. The van der Waals surface area contributed by atoms with Gasteiger partial charge in [-0.05, 0) is 48.6 Å². The number of methoxy groups -OCH3 is 2. The molecule has 0 aliphatic carbocycles. The number of benzene rings is 2. The van der Waals surface area contributed by atoms with E-state index in [0.717, 1.165) is 41.8 Å². The molecule has 3 aromatic rings. The average Bonchev–Trinajstić information content (AvgIpc) is 3.09. The molecule has 0 spiro atoms. The van der Waals surface area contributed by atoms with Crippen molar-refractivity contribution in [2.45, 2.75) is 32.1 Å². The van der Waals surface area contributed by atoms with Crippen molar-refractivity contribution in [1.29, 1.82) is 0 Å². The maximum Gasteiger partial charge on any atom is 0.160 e. The Morgan fingerprint density at radius 2 is 1.77 bits per heavy atom. The number of para-hydroxylation sites is 1. The Balaban J connectivity index is 1.47. The summed E-state index contributed by atoms with van der Waals surface area (Å²) in [5, 5.41) is 1.21. The van der Waals surface area contributed by atoms with Crippen LogP contribution < -0.4 is 9.47 Å². The normalized spacial score (nSPS) is 10.8. The summed E-state index contributed by atoms with van der Waals surface area (Å²) < 4.78 is 10.6. The number of ether oxygens (including phenoxy) is 2. The maximum atomic E-state index is 12.2. The fourth-order valence-electron chi connectivity index (χ4n) is 3.26. The van der Waals surface area contributed by atoms with Crippen LogP contribution in [0.15, 0.2) is 48.7 Å². The second-order valence-corrected chi connectivity index (χ2v) is 6.44. The van der Waals surface area contributed by atoms with Gasteiger partial charge in [0.2, 0.25) is 0 Å². The Kier molecular flexibility index (Phi) is 5.95. The minimum atomic E-state index is 0.316. The van der Waals surface area contributed by atoms with Crippen molar-refractivity contribution >= 4 is 16.7 Å². The van der Waals surface area contributed by atoms with Crippen LogP contribution in [0.3, 0.4) is 0 Å². The first-order chi connectivity index (χ1) is 12.7. The van der Waals surface area contributed by atoms with E-state index in [2.05, 4.69) is 17.1 Å². The molecule has 0 fully saturated rings. The molecular formula is C22H25NO3. The number of aryl methyl sites for hydroxylation is 2. The lowest BCUT2D eigenvalue weighted by molar-refractivity contribution is -0.119. The number of aromatic nitrogens is 1. The molecule has 1 heterocycles. The zero-order valence-electron chi connectivity index (χ0n) is 15.4. The van der Waals surface area contributed by atoms with Gasteiger partial charge in [0.05, 0.1) is 14.2 Å². The highest BCUT2D eigenvalue weighted by atomic mass is 16.5. The number of H-pyrrole nitrogens is 1. The van der Waals surface area contributed by atoms with E-state index < -0.39 is 0 Å². The van der Waals surface area contributed by atoms with E-state index in [0.29, 0.717) is 18.6 Å². The Hall–Kier alpha value is -2.75. The third kappa shape index (κ3) is 4.26. The van der Waals surface area contributed by atoms with Gasteiger partial charge >= 0.3 is 0 Å². The summed E-state index contributed by atoms with van der Waals surface area (Å²) >= 11 is 0. The highest BCUT2D eigenvalue weighted by Gasteiger charge is 2.08. The van der Waals surface area contributed by atoms with Crippen LogP contribution in [-0.4, -0.2) is 25.0 Å². The van der Waals surface area contributed by atoms with Crippen LogP contribution in [0.5, 0.6) is 11.5 Å². The lowest BCUT2D eigenvalue weighted by atomic mass is 10.0. The van der Waals surface area contributed by atoms with Crippen LogP contribution in [-0.2, 0) is 17.6 Å². The number of hydrogen-bond donors (Lipinski definition) is 1. The van der Waals surface area contributed by atoms with Crippen molar-refractivity contribution in [3.8, 4) is 11.5 Å². The summed E-state index contributed by atoms with van der Waals surface area (Å²) in [6.45, 7) is 0. The Morgan fingerprint density at radius 1 is 0.962 bits per heavy atom. The molecule has 0 amide bonds. The lowest BCUT2D eigenvalue weighted by Crippen LogP contribution is -2.01. The Morgan fingerprint density at radius 3 is 2.58 bits per heavy atom. The summed E-state index contributed by atoms with van der Waals surface area (Å²) in [4.78, 5) is 15.5. The molecule has 0 bridgehead atoms. The molecule has 4 nitrogen and oxygen atoms in total. The number of rotatable bonds is 9. The summed E-state index contributed by atoms with van der Waals surface area (Å²) in [6.07, 6.45) is 5.71. The number of fused-ring (bicyclic) bond motifs is 1. The average molecular weight is 351 g/mol. The van der Waals surface area contributed by atoms with E-state index in [-0.39, 0.29) is 0 Å². The standard InChI is InChI=1S/C22H25NO3/c1-25-21-13-10-16(14-22(21)26-2)6-5-7-18(24)12-11-17-15-23-20-9-4-3-8-19(17)20/h3-4,8-10,13-15,23H,5-7,11-12H2,1-2H3. The van der Waals surface area contributed by atoms with Crippen molar-refractivity contribution in [1.82, 2.24) is 4.98 Å². The predicted octanol–water partition coefficient (Wildman–Crippen LogP) is 4.71. The maximum absolute atomic E-state index is 12.2. The number of hydrogen-bond acceptors (Lipinski definition) is 3. The van der Waals surface area contributed by atoms with Crippen LogP contribution >= 0.6 is 0 Å². The molecule has 0 saturated heterocycles. The zero-order valence-corrected chi connectivity index (χ0v) is 15.4. The fraction of sp³-hybridized carbons (Fsp3) is 0.318. The molecule has 0 unspecified atom stereocenters. The predicted molar refractivity (Wildman–Crippen MR) is 104 cm³/mol. The van der Waals surface area contributed by atoms with E-state index in [1.54, 1.807) is 14.2 Å². The number of carbonyl (C=O) groups excluding carboxylic acids is 1. The van der Waals surface area contributed by atoms with Crippen molar-refractivity contribution < 1.29 is 14.3 Å². The van der Waals surface area contributed by atoms with Crippen molar-refractivity contribution in [3.63, 3.8) is 0 Å². The number of nitrogens with one attached hydrogen (secondary N) is 1. The van der Waals surface area contributed by atoms with Gasteiger partial charge in [0.1, 0.15) is 5.78 Å². The molecule has 4 heteroatoms.